The van der Waals surface area contributed by atoms with Crippen molar-refractivity contribution < 1.29 is 14.7 Å². The van der Waals surface area contributed by atoms with Crippen LogP contribution >= 0.6 is 0 Å². The van der Waals surface area contributed by atoms with Crippen molar-refractivity contribution in [3.05, 3.63) is 108 Å². The van der Waals surface area contributed by atoms with E-state index in [-0.39, 0.29) is 17.7 Å². The molecule has 2 aromatic heterocycles. The number of aliphatic hydroxyl groups is 1. The first-order valence-electron chi connectivity index (χ1n) is 13.2. The summed E-state index contributed by atoms with van der Waals surface area (Å²) in [5.41, 5.74) is 5.98. The number of Topliss-reactive ketones (excluding diaryl/α,β-unsaturated/α-hetero) is 2. The number of nitrogens with zero attached hydrogens (tertiary/aromatic N) is 4. The molecule has 1 aliphatic heterocycles. The van der Waals surface area contributed by atoms with Crippen molar-refractivity contribution in [3.8, 4) is 5.69 Å². The fourth-order valence-electron chi connectivity index (χ4n) is 5.11. The maximum absolute atomic E-state index is 13.0. The van der Waals surface area contributed by atoms with Gasteiger partial charge < -0.3 is 10.0 Å². The maximum atomic E-state index is 13.0. The van der Waals surface area contributed by atoms with Crippen LogP contribution in [0.15, 0.2) is 85.2 Å². The van der Waals surface area contributed by atoms with Crippen molar-refractivity contribution in [2.24, 2.45) is 0 Å². The third-order valence-corrected chi connectivity index (χ3v) is 7.36. The van der Waals surface area contributed by atoms with Gasteiger partial charge in [0.05, 0.1) is 23.5 Å². The quantitative estimate of drug-likeness (QED) is 0.291. The summed E-state index contributed by atoms with van der Waals surface area (Å²) in [6.45, 7) is 1.66. The fourth-order valence-corrected chi connectivity index (χ4v) is 5.11. The molecule has 1 aliphatic rings. The summed E-state index contributed by atoms with van der Waals surface area (Å²) in [5.74, 6) is 0.0631. The van der Waals surface area contributed by atoms with Crippen LogP contribution in [0.5, 0.6) is 0 Å². The molecule has 0 radical (unpaired) electrons. The standard InChI is InChI=1S/C31H29N5O3/c37-27-12-15-35(16-13-27)25-8-4-23(5-9-25)30(38)19-22-3-10-29-24(17-22)20-33-36(29)26-6-1-21(2-7-26)18-31(39)28-11-14-32-34-28/h1-11,14,17,20,27,37H,12-13,15-16,18-19H2,(H,32,34). The van der Waals surface area contributed by atoms with Crippen LogP contribution < -0.4 is 4.90 Å². The lowest BCUT2D eigenvalue weighted by Gasteiger charge is -2.31. The van der Waals surface area contributed by atoms with E-state index in [2.05, 4.69) is 20.2 Å². The number of carbonyl (C=O) groups is 2. The third-order valence-electron chi connectivity index (χ3n) is 7.36. The number of H-pyrrole nitrogens is 1. The van der Waals surface area contributed by atoms with E-state index in [0.717, 1.165) is 59.3 Å². The van der Waals surface area contributed by atoms with Gasteiger partial charge in [-0.05, 0) is 78.6 Å². The largest absolute Gasteiger partial charge is 0.393 e. The first-order chi connectivity index (χ1) is 19.0. The first kappa shape index (κ1) is 24.8. The summed E-state index contributed by atoms with van der Waals surface area (Å²) < 4.78 is 1.86. The lowest BCUT2D eigenvalue weighted by Crippen LogP contribution is -2.35. The SMILES string of the molecule is O=C(Cc1ccc2c(cnn2-c2ccc(CC(=O)c3ccn[nH]3)cc2)c1)c1ccc(N2CCC(O)CC2)cc1. The number of aromatic nitrogens is 4. The van der Waals surface area contributed by atoms with E-state index < -0.39 is 0 Å². The van der Waals surface area contributed by atoms with Gasteiger partial charge >= 0.3 is 0 Å². The van der Waals surface area contributed by atoms with E-state index in [1.54, 1.807) is 12.3 Å². The molecule has 3 heterocycles. The molecule has 3 aromatic carbocycles. The number of hydrogen-bond donors (Lipinski definition) is 2. The number of anilines is 1. The molecule has 0 amide bonds. The molecule has 39 heavy (non-hydrogen) atoms. The Bertz CT molecular complexity index is 1600. The van der Waals surface area contributed by atoms with Gasteiger partial charge in [0.25, 0.3) is 0 Å². The van der Waals surface area contributed by atoms with Gasteiger partial charge in [-0.3, -0.25) is 14.7 Å². The molecule has 196 valence electrons. The Morgan fingerprint density at radius 3 is 2.26 bits per heavy atom. The van der Waals surface area contributed by atoms with Gasteiger partial charge in [-0.2, -0.15) is 10.2 Å². The Labute approximate surface area is 225 Å². The molecule has 0 spiro atoms. The molecule has 2 N–H and O–H groups in total. The zero-order valence-corrected chi connectivity index (χ0v) is 21.5. The minimum atomic E-state index is -0.206. The number of hydrogen-bond acceptors (Lipinski definition) is 6. The van der Waals surface area contributed by atoms with E-state index in [4.69, 9.17) is 0 Å². The minimum absolute atomic E-state index is 0.00875. The number of piperidine rings is 1. The van der Waals surface area contributed by atoms with Crippen LogP contribution in [0.3, 0.4) is 0 Å². The molecule has 8 nitrogen and oxygen atoms in total. The minimum Gasteiger partial charge on any atom is -0.393 e. The first-order valence-corrected chi connectivity index (χ1v) is 13.2. The third kappa shape index (κ3) is 5.37. The second-order valence-corrected chi connectivity index (χ2v) is 10.1. The molecule has 0 saturated carbocycles. The summed E-state index contributed by atoms with van der Waals surface area (Å²) in [4.78, 5) is 27.6. The highest BCUT2D eigenvalue weighted by molar-refractivity contribution is 5.98. The number of aromatic amines is 1. The molecular formula is C31H29N5O3. The summed E-state index contributed by atoms with van der Waals surface area (Å²) in [6, 6.07) is 23.2. The van der Waals surface area contributed by atoms with Crippen molar-refractivity contribution in [2.75, 3.05) is 18.0 Å². The molecular weight excluding hydrogens is 490 g/mol. The highest BCUT2D eigenvalue weighted by Gasteiger charge is 2.18. The highest BCUT2D eigenvalue weighted by atomic mass is 16.3. The molecule has 0 aliphatic carbocycles. The molecule has 0 atom stereocenters. The molecule has 1 saturated heterocycles. The second-order valence-electron chi connectivity index (χ2n) is 10.1. The Balaban J connectivity index is 1.12. The van der Waals surface area contributed by atoms with E-state index in [1.807, 2.05) is 77.6 Å². The zero-order valence-electron chi connectivity index (χ0n) is 21.5. The maximum Gasteiger partial charge on any atom is 0.184 e. The summed E-state index contributed by atoms with van der Waals surface area (Å²) in [6.07, 6.45) is 5.34. The van der Waals surface area contributed by atoms with Crippen LogP contribution in [0.25, 0.3) is 16.6 Å². The molecule has 6 rings (SSSR count). The van der Waals surface area contributed by atoms with Crippen molar-refractivity contribution in [3.63, 3.8) is 0 Å². The van der Waals surface area contributed by atoms with Crippen molar-refractivity contribution in [1.29, 1.82) is 0 Å². The number of aliphatic hydroxyl groups excluding tert-OH is 1. The number of fused-ring (bicyclic) bond motifs is 1. The Morgan fingerprint density at radius 2 is 1.54 bits per heavy atom. The van der Waals surface area contributed by atoms with Crippen LogP contribution in [0.4, 0.5) is 5.69 Å². The summed E-state index contributed by atoms with van der Waals surface area (Å²) in [5, 5.41) is 21.8. The number of ketones is 2. The number of benzene rings is 3. The predicted molar refractivity (Wildman–Crippen MR) is 150 cm³/mol. The van der Waals surface area contributed by atoms with Gasteiger partial charge in [-0.15, -0.1) is 0 Å². The number of rotatable bonds is 8. The monoisotopic (exact) mass is 519 g/mol. The van der Waals surface area contributed by atoms with Gasteiger partial charge in [0.1, 0.15) is 5.69 Å². The molecule has 1 fully saturated rings. The molecule has 0 bridgehead atoms. The van der Waals surface area contributed by atoms with Gasteiger partial charge in [-0.25, -0.2) is 4.68 Å². The Hall–Kier alpha value is -4.56. The van der Waals surface area contributed by atoms with Crippen LogP contribution in [0.1, 0.15) is 44.8 Å². The van der Waals surface area contributed by atoms with Crippen LogP contribution in [0.2, 0.25) is 0 Å². The zero-order chi connectivity index (χ0) is 26.8. The lowest BCUT2D eigenvalue weighted by atomic mass is 10.0. The van der Waals surface area contributed by atoms with Crippen molar-refractivity contribution in [2.45, 2.75) is 31.8 Å². The van der Waals surface area contributed by atoms with Gasteiger partial charge in [-0.1, -0.05) is 18.2 Å². The van der Waals surface area contributed by atoms with Crippen LogP contribution in [-0.4, -0.2) is 55.8 Å². The average Bonchev–Trinajstić information content (AvgIpc) is 3.65. The molecule has 0 unspecified atom stereocenters. The highest BCUT2D eigenvalue weighted by Crippen LogP contribution is 2.23. The number of carbonyl (C=O) groups excluding carboxylic acids is 2. The van der Waals surface area contributed by atoms with Gasteiger partial charge in [0.15, 0.2) is 11.6 Å². The lowest BCUT2D eigenvalue weighted by molar-refractivity contribution is 0.0982. The molecule has 5 aromatic rings. The average molecular weight is 520 g/mol. The topological polar surface area (TPSA) is 104 Å². The van der Waals surface area contributed by atoms with E-state index >= 15 is 0 Å². The van der Waals surface area contributed by atoms with E-state index in [0.29, 0.717) is 24.1 Å². The smallest absolute Gasteiger partial charge is 0.184 e. The summed E-state index contributed by atoms with van der Waals surface area (Å²) in [7, 11) is 0. The van der Waals surface area contributed by atoms with Crippen LogP contribution in [-0.2, 0) is 12.8 Å². The van der Waals surface area contributed by atoms with Crippen LogP contribution in [0, 0.1) is 0 Å². The van der Waals surface area contributed by atoms with E-state index in [9.17, 15) is 14.7 Å². The Morgan fingerprint density at radius 1 is 0.846 bits per heavy atom. The number of nitrogens with one attached hydrogen (secondary N) is 1. The Kier molecular flexibility index (Phi) is 6.77. The predicted octanol–water partition coefficient (Wildman–Crippen LogP) is 4.56. The van der Waals surface area contributed by atoms with Crippen molar-refractivity contribution in [1.82, 2.24) is 20.0 Å². The van der Waals surface area contributed by atoms with Gasteiger partial charge in [0.2, 0.25) is 0 Å². The van der Waals surface area contributed by atoms with E-state index in [1.165, 1.54) is 0 Å². The fraction of sp³-hybridized carbons (Fsp3) is 0.226. The van der Waals surface area contributed by atoms with Gasteiger partial charge in [0, 0.05) is 48.8 Å². The second kappa shape index (κ2) is 10.7. The molecule has 8 heteroatoms. The normalized spacial score (nSPS) is 14.1. The summed E-state index contributed by atoms with van der Waals surface area (Å²) >= 11 is 0. The van der Waals surface area contributed by atoms with Crippen molar-refractivity contribution >= 4 is 28.2 Å².